The predicted octanol–water partition coefficient (Wildman–Crippen LogP) is 3.74. The summed E-state index contributed by atoms with van der Waals surface area (Å²) in [6.07, 6.45) is 5.07. The highest BCUT2D eigenvalue weighted by molar-refractivity contribution is 7.88. The molecule has 32 heavy (non-hydrogen) atoms. The molecule has 0 bridgehead atoms. The third-order valence-electron chi connectivity index (χ3n) is 5.59. The van der Waals surface area contributed by atoms with Crippen molar-refractivity contribution in [2.75, 3.05) is 12.8 Å². The minimum Gasteiger partial charge on any atom is -0.487 e. The number of rotatable bonds is 9. The maximum Gasteiger partial charge on any atom is 0.220 e. The van der Waals surface area contributed by atoms with Gasteiger partial charge in [0.05, 0.1) is 24.5 Å². The molecule has 8 heteroatoms. The number of unbranched alkanes of at least 4 members (excludes halogenated alkanes) is 1. The molecule has 1 unspecified atom stereocenters. The van der Waals surface area contributed by atoms with Gasteiger partial charge in [-0.15, -0.1) is 0 Å². The number of aromatic nitrogens is 1. The number of benzene rings is 1. The van der Waals surface area contributed by atoms with E-state index in [4.69, 9.17) is 4.74 Å². The van der Waals surface area contributed by atoms with Crippen molar-refractivity contribution in [2.24, 2.45) is 0 Å². The SMILES string of the molecule is Cc1ccc2c(c1)C(N(CCCCC(=O)NCc1ccccn1)S(C)(=O)=O)CC(C)(C)O2. The first-order chi connectivity index (χ1) is 15.0. The summed E-state index contributed by atoms with van der Waals surface area (Å²) in [5.74, 6) is 0.675. The largest absolute Gasteiger partial charge is 0.487 e. The van der Waals surface area contributed by atoms with Crippen LogP contribution in [0.5, 0.6) is 5.75 Å². The molecule has 0 saturated carbocycles. The van der Waals surface area contributed by atoms with E-state index in [2.05, 4.69) is 10.3 Å². The Morgan fingerprint density at radius 2 is 2.03 bits per heavy atom. The molecule has 1 aliphatic heterocycles. The van der Waals surface area contributed by atoms with E-state index in [1.807, 2.05) is 57.2 Å². The second-order valence-corrected chi connectivity index (χ2v) is 11.0. The van der Waals surface area contributed by atoms with Crippen molar-refractivity contribution in [1.29, 1.82) is 0 Å². The topological polar surface area (TPSA) is 88.6 Å². The maximum atomic E-state index is 12.7. The number of hydrogen-bond acceptors (Lipinski definition) is 5. The minimum atomic E-state index is -3.45. The zero-order valence-corrected chi connectivity index (χ0v) is 20.1. The molecule has 0 aliphatic carbocycles. The molecule has 1 atom stereocenters. The van der Waals surface area contributed by atoms with Gasteiger partial charge in [-0.05, 0) is 51.8 Å². The van der Waals surface area contributed by atoms with Crippen LogP contribution in [0.1, 0.15) is 62.4 Å². The second-order valence-electron chi connectivity index (χ2n) is 9.05. The van der Waals surface area contributed by atoms with Gasteiger partial charge in [0.15, 0.2) is 0 Å². The van der Waals surface area contributed by atoms with Crippen molar-refractivity contribution in [2.45, 2.75) is 64.6 Å². The molecule has 0 radical (unpaired) electrons. The highest BCUT2D eigenvalue weighted by Crippen LogP contribution is 2.43. The first-order valence-corrected chi connectivity index (χ1v) is 12.8. The molecule has 1 aliphatic rings. The van der Waals surface area contributed by atoms with Crippen molar-refractivity contribution in [3.63, 3.8) is 0 Å². The van der Waals surface area contributed by atoms with Crippen LogP contribution in [0.2, 0.25) is 0 Å². The zero-order chi connectivity index (χ0) is 23.4. The summed E-state index contributed by atoms with van der Waals surface area (Å²) in [5, 5.41) is 2.86. The Labute approximate surface area is 191 Å². The summed E-state index contributed by atoms with van der Waals surface area (Å²) in [7, 11) is -3.45. The molecule has 2 heterocycles. The molecule has 0 saturated heterocycles. The van der Waals surface area contributed by atoms with Crippen LogP contribution in [0.4, 0.5) is 0 Å². The zero-order valence-electron chi connectivity index (χ0n) is 19.3. The van der Waals surface area contributed by atoms with Gasteiger partial charge in [0, 0.05) is 31.1 Å². The average molecular weight is 460 g/mol. The van der Waals surface area contributed by atoms with Crippen LogP contribution in [-0.4, -0.2) is 42.0 Å². The number of carbonyl (C=O) groups is 1. The van der Waals surface area contributed by atoms with Crippen LogP contribution in [0.25, 0.3) is 0 Å². The fourth-order valence-corrected chi connectivity index (χ4v) is 5.19. The van der Waals surface area contributed by atoms with Crippen molar-refractivity contribution in [3.8, 4) is 5.75 Å². The molecule has 2 aromatic rings. The molecule has 3 rings (SSSR count). The molecule has 1 aromatic carbocycles. The quantitative estimate of drug-likeness (QED) is 0.577. The van der Waals surface area contributed by atoms with Crippen molar-refractivity contribution in [1.82, 2.24) is 14.6 Å². The van der Waals surface area contributed by atoms with Crippen LogP contribution < -0.4 is 10.1 Å². The van der Waals surface area contributed by atoms with E-state index in [0.29, 0.717) is 38.8 Å². The fraction of sp³-hybridized carbons (Fsp3) is 0.500. The van der Waals surface area contributed by atoms with Crippen LogP contribution in [0.15, 0.2) is 42.6 Å². The van der Waals surface area contributed by atoms with Gasteiger partial charge >= 0.3 is 0 Å². The third-order valence-corrected chi connectivity index (χ3v) is 6.88. The Bertz CT molecular complexity index is 1040. The van der Waals surface area contributed by atoms with Gasteiger partial charge in [-0.2, -0.15) is 4.31 Å². The minimum absolute atomic E-state index is 0.0604. The highest BCUT2D eigenvalue weighted by Gasteiger charge is 2.39. The van der Waals surface area contributed by atoms with Crippen molar-refractivity contribution in [3.05, 3.63) is 59.4 Å². The molecular formula is C24H33N3O4S. The second kappa shape index (κ2) is 10.0. The number of ether oxygens (including phenoxy) is 1. The van der Waals surface area contributed by atoms with Crippen LogP contribution >= 0.6 is 0 Å². The number of aryl methyl sites for hydroxylation is 1. The van der Waals surface area contributed by atoms with Gasteiger partial charge in [0.2, 0.25) is 15.9 Å². The third kappa shape index (κ3) is 6.53. The summed E-state index contributed by atoms with van der Waals surface area (Å²) in [4.78, 5) is 16.3. The van der Waals surface area contributed by atoms with E-state index in [9.17, 15) is 13.2 Å². The van der Waals surface area contributed by atoms with Gasteiger partial charge in [-0.3, -0.25) is 9.78 Å². The number of nitrogens with one attached hydrogen (secondary N) is 1. The average Bonchev–Trinajstić information content (AvgIpc) is 2.71. The summed E-state index contributed by atoms with van der Waals surface area (Å²) in [6.45, 7) is 6.71. The van der Waals surface area contributed by atoms with E-state index < -0.39 is 15.6 Å². The molecule has 0 fully saturated rings. The number of carbonyl (C=O) groups excluding carboxylic acids is 1. The standard InChI is InChI=1S/C24H33N3O4S/c1-18-11-12-22-20(15-18)21(16-24(2,3)31-22)27(32(4,29)30)14-8-6-10-23(28)26-17-19-9-5-7-13-25-19/h5,7,9,11-13,15,21H,6,8,10,14,16-17H2,1-4H3,(H,26,28). The van der Waals surface area contributed by atoms with Gasteiger partial charge in [-0.25, -0.2) is 8.42 Å². The molecular weight excluding hydrogens is 426 g/mol. The summed E-state index contributed by atoms with van der Waals surface area (Å²) < 4.78 is 33.1. The fourth-order valence-electron chi connectivity index (χ4n) is 4.08. The normalized spacial score (nSPS) is 17.5. The number of hydrogen-bond donors (Lipinski definition) is 1. The molecule has 0 spiro atoms. The predicted molar refractivity (Wildman–Crippen MR) is 125 cm³/mol. The number of fused-ring (bicyclic) bond motifs is 1. The number of nitrogens with zero attached hydrogens (tertiary/aromatic N) is 2. The lowest BCUT2D eigenvalue weighted by molar-refractivity contribution is -0.121. The van der Waals surface area contributed by atoms with Crippen LogP contribution in [0.3, 0.4) is 0 Å². The molecule has 1 N–H and O–H groups in total. The van der Waals surface area contributed by atoms with Crippen molar-refractivity contribution >= 4 is 15.9 Å². The van der Waals surface area contributed by atoms with E-state index >= 15 is 0 Å². The monoisotopic (exact) mass is 459 g/mol. The lowest BCUT2D eigenvalue weighted by Crippen LogP contribution is -2.43. The summed E-state index contributed by atoms with van der Waals surface area (Å²) in [6, 6.07) is 11.2. The number of amides is 1. The lowest BCUT2D eigenvalue weighted by Gasteiger charge is -2.41. The number of pyridine rings is 1. The van der Waals surface area contributed by atoms with E-state index in [0.717, 1.165) is 22.6 Å². The Kier molecular flexibility index (Phi) is 7.56. The van der Waals surface area contributed by atoms with Crippen LogP contribution in [0, 0.1) is 6.92 Å². The maximum absolute atomic E-state index is 12.7. The van der Waals surface area contributed by atoms with Gasteiger partial charge < -0.3 is 10.1 Å². The van der Waals surface area contributed by atoms with Crippen LogP contribution in [-0.2, 0) is 21.4 Å². The van der Waals surface area contributed by atoms with E-state index in [-0.39, 0.29) is 11.9 Å². The first-order valence-electron chi connectivity index (χ1n) is 11.0. The number of sulfonamides is 1. The molecule has 1 aromatic heterocycles. The Morgan fingerprint density at radius 1 is 1.25 bits per heavy atom. The highest BCUT2D eigenvalue weighted by atomic mass is 32.2. The molecule has 1 amide bonds. The Balaban J connectivity index is 1.62. The molecule has 174 valence electrons. The Hall–Kier alpha value is -2.45. The van der Waals surface area contributed by atoms with Gasteiger partial charge in [-0.1, -0.05) is 23.8 Å². The van der Waals surface area contributed by atoms with Gasteiger partial charge in [0.25, 0.3) is 0 Å². The first kappa shape index (κ1) is 24.2. The molecule has 7 nitrogen and oxygen atoms in total. The summed E-state index contributed by atoms with van der Waals surface area (Å²) >= 11 is 0. The van der Waals surface area contributed by atoms with E-state index in [1.165, 1.54) is 6.26 Å². The van der Waals surface area contributed by atoms with E-state index in [1.54, 1.807) is 10.5 Å². The summed E-state index contributed by atoms with van der Waals surface area (Å²) in [5.41, 5.74) is 2.31. The van der Waals surface area contributed by atoms with Gasteiger partial charge in [0.1, 0.15) is 11.4 Å². The smallest absolute Gasteiger partial charge is 0.220 e. The Morgan fingerprint density at radius 3 is 2.72 bits per heavy atom. The van der Waals surface area contributed by atoms with Crippen molar-refractivity contribution < 1.29 is 17.9 Å². The lowest BCUT2D eigenvalue weighted by atomic mass is 9.89.